The standard InChI is InChI=1S/C16H11N3O4S2/c1-18(2)16-17-12-10(25-16)7-11(24-12)15(22)23-19-13(20)8-5-3-4-6-9(8)14(19)21/h3-7H,1-2H3. The molecule has 0 radical (unpaired) electrons. The zero-order valence-electron chi connectivity index (χ0n) is 13.2. The van der Waals surface area contributed by atoms with Gasteiger partial charge in [-0.2, -0.15) is 0 Å². The Morgan fingerprint density at radius 3 is 2.32 bits per heavy atom. The molecule has 0 aliphatic carbocycles. The molecule has 0 saturated carbocycles. The smallest absolute Gasteiger partial charge is 0.354 e. The number of hydroxylamine groups is 2. The number of carbonyl (C=O) groups excluding carboxylic acids is 3. The molecule has 0 atom stereocenters. The molecule has 4 rings (SSSR count). The Morgan fingerprint density at radius 2 is 1.76 bits per heavy atom. The van der Waals surface area contributed by atoms with Crippen LogP contribution >= 0.6 is 22.7 Å². The van der Waals surface area contributed by atoms with Crippen molar-refractivity contribution in [2.75, 3.05) is 19.0 Å². The number of thiazole rings is 1. The molecule has 0 fully saturated rings. The SMILES string of the molecule is CN(C)c1nc2sc(C(=O)ON3C(=O)c4ccccc4C3=O)cc2s1. The lowest BCUT2D eigenvalue weighted by Gasteiger charge is -2.11. The lowest BCUT2D eigenvalue weighted by Crippen LogP contribution is -2.32. The highest BCUT2D eigenvalue weighted by Gasteiger charge is 2.39. The van der Waals surface area contributed by atoms with Gasteiger partial charge < -0.3 is 9.74 Å². The lowest BCUT2D eigenvalue weighted by molar-refractivity contribution is -0.0581. The Hall–Kier alpha value is -2.78. The number of hydrogen-bond donors (Lipinski definition) is 0. The predicted octanol–water partition coefficient (Wildman–Crippen LogP) is 2.79. The van der Waals surface area contributed by atoms with Gasteiger partial charge in [0, 0.05) is 14.1 Å². The molecular weight excluding hydrogens is 362 g/mol. The second kappa shape index (κ2) is 5.64. The van der Waals surface area contributed by atoms with E-state index in [2.05, 4.69) is 4.98 Å². The Balaban J connectivity index is 1.57. The van der Waals surface area contributed by atoms with E-state index in [9.17, 15) is 14.4 Å². The van der Waals surface area contributed by atoms with Crippen LogP contribution in [0.1, 0.15) is 30.4 Å². The zero-order valence-corrected chi connectivity index (χ0v) is 14.8. The summed E-state index contributed by atoms with van der Waals surface area (Å²) in [4.78, 5) is 49.2. The first-order valence-corrected chi connectivity index (χ1v) is 8.87. The van der Waals surface area contributed by atoms with Crippen LogP contribution in [0.15, 0.2) is 30.3 Å². The van der Waals surface area contributed by atoms with Crippen molar-refractivity contribution < 1.29 is 19.2 Å². The van der Waals surface area contributed by atoms with Gasteiger partial charge >= 0.3 is 5.97 Å². The van der Waals surface area contributed by atoms with E-state index in [1.165, 1.54) is 23.5 Å². The minimum atomic E-state index is -0.754. The Bertz CT molecular complexity index is 971. The van der Waals surface area contributed by atoms with E-state index in [1.54, 1.807) is 18.2 Å². The third-order valence-electron chi connectivity index (χ3n) is 3.59. The number of imide groups is 1. The van der Waals surface area contributed by atoms with Crippen LogP contribution < -0.4 is 4.90 Å². The van der Waals surface area contributed by atoms with Gasteiger partial charge in [0.1, 0.15) is 9.71 Å². The van der Waals surface area contributed by atoms with Crippen LogP contribution in [0.4, 0.5) is 5.13 Å². The van der Waals surface area contributed by atoms with Crippen molar-refractivity contribution in [3.63, 3.8) is 0 Å². The maximum absolute atomic E-state index is 12.3. The molecule has 1 aliphatic rings. The number of aromatic nitrogens is 1. The van der Waals surface area contributed by atoms with E-state index in [0.717, 1.165) is 21.2 Å². The summed E-state index contributed by atoms with van der Waals surface area (Å²) in [6, 6.07) is 8.01. The van der Waals surface area contributed by atoms with E-state index in [-0.39, 0.29) is 16.0 Å². The van der Waals surface area contributed by atoms with Gasteiger partial charge in [0.25, 0.3) is 11.8 Å². The molecule has 2 amide bonds. The van der Waals surface area contributed by atoms with E-state index in [0.29, 0.717) is 9.89 Å². The van der Waals surface area contributed by atoms with Crippen molar-refractivity contribution in [3.8, 4) is 0 Å². The average Bonchev–Trinajstić information content (AvgIpc) is 3.22. The Kier molecular flexibility index (Phi) is 3.55. The number of fused-ring (bicyclic) bond motifs is 2. The number of carbonyl (C=O) groups is 3. The molecule has 0 N–H and O–H groups in total. The van der Waals surface area contributed by atoms with Crippen LogP contribution in [0.2, 0.25) is 0 Å². The number of nitrogens with zero attached hydrogens (tertiary/aromatic N) is 3. The van der Waals surface area contributed by atoms with Gasteiger partial charge in [0.05, 0.1) is 15.8 Å². The minimum Gasteiger partial charge on any atom is -0.354 e. The summed E-state index contributed by atoms with van der Waals surface area (Å²) < 4.78 is 0.850. The number of hydrogen-bond acceptors (Lipinski definition) is 8. The summed E-state index contributed by atoms with van der Waals surface area (Å²) in [5, 5.41) is 1.35. The predicted molar refractivity (Wildman–Crippen MR) is 94.2 cm³/mol. The van der Waals surface area contributed by atoms with Crippen LogP contribution in [0.3, 0.4) is 0 Å². The first-order valence-electron chi connectivity index (χ1n) is 7.23. The van der Waals surface area contributed by atoms with Crippen molar-refractivity contribution in [1.82, 2.24) is 10.0 Å². The number of amides is 2. The average molecular weight is 373 g/mol. The summed E-state index contributed by atoms with van der Waals surface area (Å²) in [6.45, 7) is 0. The van der Waals surface area contributed by atoms with Gasteiger partial charge in [-0.05, 0) is 18.2 Å². The van der Waals surface area contributed by atoms with Crippen molar-refractivity contribution in [3.05, 3.63) is 46.3 Å². The van der Waals surface area contributed by atoms with Crippen LogP contribution in [0, 0.1) is 0 Å². The van der Waals surface area contributed by atoms with Gasteiger partial charge in [-0.1, -0.05) is 28.5 Å². The topological polar surface area (TPSA) is 79.8 Å². The Labute approximate surface area is 150 Å². The van der Waals surface area contributed by atoms with Crippen LogP contribution in [-0.2, 0) is 4.84 Å². The van der Waals surface area contributed by atoms with Crippen molar-refractivity contribution in [2.24, 2.45) is 0 Å². The van der Waals surface area contributed by atoms with E-state index >= 15 is 0 Å². The molecule has 7 nitrogen and oxygen atoms in total. The number of thiophene rings is 1. The molecule has 9 heteroatoms. The molecule has 2 aromatic heterocycles. The lowest BCUT2D eigenvalue weighted by atomic mass is 10.1. The number of anilines is 1. The molecule has 0 unspecified atom stereocenters. The molecule has 0 bridgehead atoms. The second-order valence-electron chi connectivity index (χ2n) is 5.50. The molecule has 0 spiro atoms. The molecule has 25 heavy (non-hydrogen) atoms. The minimum absolute atomic E-state index is 0.227. The van der Waals surface area contributed by atoms with Gasteiger partial charge in [-0.3, -0.25) is 9.59 Å². The first kappa shape index (κ1) is 15.7. The van der Waals surface area contributed by atoms with Crippen molar-refractivity contribution in [2.45, 2.75) is 0 Å². The fourth-order valence-corrected chi connectivity index (χ4v) is 4.40. The van der Waals surface area contributed by atoms with E-state index in [4.69, 9.17) is 4.84 Å². The molecule has 3 aromatic rings. The van der Waals surface area contributed by atoms with Gasteiger partial charge in [0.15, 0.2) is 5.13 Å². The van der Waals surface area contributed by atoms with Gasteiger partial charge in [-0.15, -0.1) is 11.3 Å². The van der Waals surface area contributed by atoms with E-state index < -0.39 is 17.8 Å². The first-order chi connectivity index (χ1) is 12.0. The number of benzene rings is 1. The summed E-state index contributed by atoms with van der Waals surface area (Å²) in [5.74, 6) is -2.03. The summed E-state index contributed by atoms with van der Waals surface area (Å²) >= 11 is 2.61. The molecule has 126 valence electrons. The van der Waals surface area contributed by atoms with Crippen molar-refractivity contribution in [1.29, 1.82) is 0 Å². The van der Waals surface area contributed by atoms with Gasteiger partial charge in [0.2, 0.25) is 0 Å². The molecule has 0 saturated heterocycles. The normalized spacial score (nSPS) is 13.4. The Morgan fingerprint density at radius 1 is 1.12 bits per heavy atom. The van der Waals surface area contributed by atoms with E-state index in [1.807, 2.05) is 19.0 Å². The maximum atomic E-state index is 12.3. The largest absolute Gasteiger partial charge is 0.373 e. The maximum Gasteiger partial charge on any atom is 0.373 e. The van der Waals surface area contributed by atoms with Crippen LogP contribution in [0.5, 0.6) is 0 Å². The van der Waals surface area contributed by atoms with Gasteiger partial charge in [-0.25, -0.2) is 9.78 Å². The molecule has 1 aliphatic heterocycles. The highest BCUT2D eigenvalue weighted by atomic mass is 32.1. The van der Waals surface area contributed by atoms with Crippen LogP contribution in [0.25, 0.3) is 9.53 Å². The summed E-state index contributed by atoms with van der Waals surface area (Å²) in [5.41, 5.74) is 0.453. The molecular formula is C16H11N3O4S2. The third kappa shape index (κ3) is 2.48. The second-order valence-corrected chi connectivity index (χ2v) is 7.54. The fraction of sp³-hybridized carbons (Fsp3) is 0.125. The fourth-order valence-electron chi connectivity index (χ4n) is 2.39. The molecule has 1 aromatic carbocycles. The highest BCUT2D eigenvalue weighted by molar-refractivity contribution is 7.29. The number of rotatable bonds is 3. The molecule has 3 heterocycles. The monoisotopic (exact) mass is 373 g/mol. The summed E-state index contributed by atoms with van der Waals surface area (Å²) in [6.07, 6.45) is 0. The van der Waals surface area contributed by atoms with Crippen LogP contribution in [-0.4, -0.2) is 41.9 Å². The van der Waals surface area contributed by atoms with Crippen molar-refractivity contribution >= 4 is 55.1 Å². The third-order valence-corrected chi connectivity index (χ3v) is 5.90. The quantitative estimate of drug-likeness (QED) is 0.657. The zero-order chi connectivity index (χ0) is 17.7. The summed E-state index contributed by atoms with van der Waals surface area (Å²) in [7, 11) is 3.78. The highest BCUT2D eigenvalue weighted by Crippen LogP contribution is 2.34.